The Morgan fingerprint density at radius 1 is 1.07 bits per heavy atom. The van der Waals surface area contributed by atoms with Gasteiger partial charge in [-0.05, 0) is 66.0 Å². The van der Waals surface area contributed by atoms with Gasteiger partial charge in [-0.3, -0.25) is 4.79 Å². The first kappa shape index (κ1) is 33.3. The second kappa shape index (κ2) is 14.9. The number of benzene rings is 3. The van der Waals surface area contributed by atoms with Crippen molar-refractivity contribution in [1.82, 2.24) is 19.6 Å². The van der Waals surface area contributed by atoms with Gasteiger partial charge < -0.3 is 9.88 Å². The van der Waals surface area contributed by atoms with Gasteiger partial charge in [-0.15, -0.1) is 0 Å². The van der Waals surface area contributed by atoms with Crippen LogP contribution in [0.5, 0.6) is 0 Å². The molecule has 0 aliphatic rings. The number of nitrogens with one attached hydrogen (secondary N) is 1. The second-order valence-corrected chi connectivity index (χ2v) is 11.2. The molecule has 0 spiro atoms. The van der Waals surface area contributed by atoms with Crippen LogP contribution in [-0.2, 0) is 30.5 Å². The summed E-state index contributed by atoms with van der Waals surface area (Å²) in [4.78, 5) is 18.3. The lowest BCUT2D eigenvalue weighted by molar-refractivity contribution is -0.141. The molecule has 3 aromatic carbocycles. The SMILES string of the molecule is CC(C)CCN(Cc1ccccc1C(F)(F)F)N(C(=O)Cc1cncn1Cc1ccc(C#N)cc1)C(=S)Nc1ccccc1F. The predicted octanol–water partition coefficient (Wildman–Crippen LogP) is 7.19. The van der Waals surface area contributed by atoms with E-state index >= 15 is 0 Å². The lowest BCUT2D eigenvalue weighted by Gasteiger charge is -2.36. The van der Waals surface area contributed by atoms with Crippen LogP contribution in [0.15, 0.2) is 85.3 Å². The van der Waals surface area contributed by atoms with E-state index in [2.05, 4.69) is 16.4 Å². The number of carbonyl (C=O) groups is 1. The van der Waals surface area contributed by atoms with Crippen molar-refractivity contribution in [2.45, 2.75) is 46.0 Å². The number of carbonyl (C=O) groups excluding carboxylic acids is 1. The molecule has 0 fully saturated rings. The van der Waals surface area contributed by atoms with Gasteiger partial charge in [0.05, 0.1) is 35.6 Å². The van der Waals surface area contributed by atoms with E-state index in [0.29, 0.717) is 24.2 Å². The largest absolute Gasteiger partial charge is 0.416 e. The number of hydrogen-bond acceptors (Lipinski definition) is 5. The molecule has 0 atom stereocenters. The standard InChI is InChI=1S/C33H32F4N6OS/c1-23(2)15-16-42(21-26-7-3-4-8-28(26)33(35,36)37)43(32(45)40-30-10-6-5-9-29(30)34)31(44)17-27-19-39-22-41(27)20-25-13-11-24(18-38)12-14-25/h3-14,19,22-23H,15-17,20-21H2,1-2H3,(H,40,45). The lowest BCUT2D eigenvalue weighted by Crippen LogP contribution is -2.52. The second-order valence-electron chi connectivity index (χ2n) is 10.8. The van der Waals surface area contributed by atoms with E-state index in [1.165, 1.54) is 47.6 Å². The maximum atomic E-state index is 14.6. The minimum atomic E-state index is -4.61. The molecule has 0 bridgehead atoms. The molecule has 7 nitrogen and oxygen atoms in total. The van der Waals surface area contributed by atoms with Crippen LogP contribution in [0.1, 0.15) is 48.2 Å². The van der Waals surface area contributed by atoms with E-state index in [-0.39, 0.29) is 41.8 Å². The van der Waals surface area contributed by atoms with Crippen molar-refractivity contribution < 1.29 is 22.4 Å². The molecule has 0 saturated heterocycles. The number of aromatic nitrogens is 2. The van der Waals surface area contributed by atoms with Crippen molar-refractivity contribution in [1.29, 1.82) is 5.26 Å². The maximum absolute atomic E-state index is 14.6. The molecular weight excluding hydrogens is 604 g/mol. The number of alkyl halides is 3. The van der Waals surface area contributed by atoms with Crippen molar-refractivity contribution >= 4 is 28.9 Å². The van der Waals surface area contributed by atoms with Crippen LogP contribution >= 0.6 is 12.2 Å². The minimum absolute atomic E-state index is 0.0191. The summed E-state index contributed by atoms with van der Waals surface area (Å²) in [6, 6.07) is 20.0. The molecule has 4 rings (SSSR count). The van der Waals surface area contributed by atoms with Crippen LogP contribution in [0.25, 0.3) is 0 Å². The molecule has 0 aliphatic heterocycles. The Hall–Kier alpha value is -4.60. The average molecular weight is 637 g/mol. The van der Waals surface area contributed by atoms with Gasteiger partial charge in [0, 0.05) is 31.5 Å². The number of nitriles is 1. The van der Waals surface area contributed by atoms with Crippen LogP contribution in [0.2, 0.25) is 0 Å². The number of hydrazine groups is 1. The zero-order valence-corrected chi connectivity index (χ0v) is 25.6. The molecule has 1 N–H and O–H groups in total. The molecule has 0 unspecified atom stereocenters. The molecule has 0 saturated carbocycles. The predicted molar refractivity (Wildman–Crippen MR) is 167 cm³/mol. The van der Waals surface area contributed by atoms with Crippen LogP contribution in [-0.4, -0.2) is 37.1 Å². The molecule has 12 heteroatoms. The van der Waals surface area contributed by atoms with Gasteiger partial charge in [0.2, 0.25) is 5.91 Å². The first-order valence-electron chi connectivity index (χ1n) is 14.2. The van der Waals surface area contributed by atoms with E-state index < -0.39 is 23.5 Å². The fourth-order valence-electron chi connectivity index (χ4n) is 4.67. The normalized spacial score (nSPS) is 11.4. The molecule has 45 heavy (non-hydrogen) atoms. The number of imidazole rings is 1. The number of anilines is 1. The summed E-state index contributed by atoms with van der Waals surface area (Å²) in [6.45, 7) is 4.20. The van der Waals surface area contributed by atoms with E-state index in [4.69, 9.17) is 17.5 Å². The molecule has 4 aromatic rings. The van der Waals surface area contributed by atoms with E-state index in [9.17, 15) is 22.4 Å². The fraction of sp³-hybridized carbons (Fsp3) is 0.273. The minimum Gasteiger partial charge on any atom is -0.330 e. The van der Waals surface area contributed by atoms with Crippen molar-refractivity contribution in [3.63, 3.8) is 0 Å². The highest BCUT2D eigenvalue weighted by Crippen LogP contribution is 2.33. The molecular formula is C33H32F4N6OS. The molecule has 1 amide bonds. The number of hydrogen-bond donors (Lipinski definition) is 1. The monoisotopic (exact) mass is 636 g/mol. The van der Waals surface area contributed by atoms with Crippen molar-refractivity contribution in [2.24, 2.45) is 5.92 Å². The summed E-state index contributed by atoms with van der Waals surface area (Å²) in [7, 11) is 0. The van der Waals surface area contributed by atoms with Gasteiger partial charge in [0.25, 0.3) is 0 Å². The first-order chi connectivity index (χ1) is 21.5. The molecule has 1 aromatic heterocycles. The Morgan fingerprint density at radius 3 is 2.42 bits per heavy atom. The summed E-state index contributed by atoms with van der Waals surface area (Å²) in [6.07, 6.45) is -1.17. The average Bonchev–Trinajstić information content (AvgIpc) is 3.43. The van der Waals surface area contributed by atoms with Crippen LogP contribution in [0, 0.1) is 23.1 Å². The third-order valence-electron chi connectivity index (χ3n) is 7.03. The van der Waals surface area contributed by atoms with Crippen LogP contribution in [0.3, 0.4) is 0 Å². The van der Waals surface area contributed by atoms with E-state index in [0.717, 1.165) is 16.6 Å². The number of halogens is 4. The van der Waals surface area contributed by atoms with E-state index in [1.807, 2.05) is 13.8 Å². The molecule has 0 aliphatic carbocycles. The number of amides is 1. The number of nitrogens with zero attached hydrogens (tertiary/aromatic N) is 5. The summed E-state index contributed by atoms with van der Waals surface area (Å²) in [5, 5.41) is 14.3. The van der Waals surface area contributed by atoms with Crippen LogP contribution < -0.4 is 5.32 Å². The van der Waals surface area contributed by atoms with Gasteiger partial charge in [0.1, 0.15) is 5.82 Å². The molecule has 234 valence electrons. The summed E-state index contributed by atoms with van der Waals surface area (Å²) < 4.78 is 58.3. The van der Waals surface area contributed by atoms with Crippen molar-refractivity contribution in [3.8, 4) is 6.07 Å². The summed E-state index contributed by atoms with van der Waals surface area (Å²) in [5.74, 6) is -0.994. The molecule has 1 heterocycles. The zero-order chi connectivity index (χ0) is 32.6. The van der Waals surface area contributed by atoms with Gasteiger partial charge in [-0.25, -0.2) is 19.4 Å². The Bertz CT molecular complexity index is 1660. The van der Waals surface area contributed by atoms with Gasteiger partial charge in [-0.2, -0.15) is 18.4 Å². The highest BCUT2D eigenvalue weighted by atomic mass is 32.1. The van der Waals surface area contributed by atoms with Crippen LogP contribution in [0.4, 0.5) is 23.2 Å². The highest BCUT2D eigenvalue weighted by Gasteiger charge is 2.35. The quantitative estimate of drug-likeness (QED) is 0.107. The van der Waals surface area contributed by atoms with Gasteiger partial charge in [0.15, 0.2) is 5.11 Å². The maximum Gasteiger partial charge on any atom is 0.416 e. The smallest absolute Gasteiger partial charge is 0.330 e. The topological polar surface area (TPSA) is 77.2 Å². The van der Waals surface area contributed by atoms with Gasteiger partial charge in [-0.1, -0.05) is 56.3 Å². The molecule has 0 radical (unpaired) electrons. The van der Waals surface area contributed by atoms with Crippen molar-refractivity contribution in [2.75, 3.05) is 11.9 Å². The first-order valence-corrected chi connectivity index (χ1v) is 14.6. The third-order valence-corrected chi connectivity index (χ3v) is 7.31. The Morgan fingerprint density at radius 2 is 1.76 bits per heavy atom. The van der Waals surface area contributed by atoms with Gasteiger partial charge >= 0.3 is 6.18 Å². The van der Waals surface area contributed by atoms with Crippen molar-refractivity contribution in [3.05, 3.63) is 119 Å². The number of rotatable bonds is 11. The Kier molecular flexibility index (Phi) is 11.0. The Balaban J connectivity index is 1.69. The highest BCUT2D eigenvalue weighted by molar-refractivity contribution is 7.80. The zero-order valence-electron chi connectivity index (χ0n) is 24.8. The number of para-hydroxylation sites is 1. The summed E-state index contributed by atoms with van der Waals surface area (Å²) in [5.41, 5.74) is 1.08. The summed E-state index contributed by atoms with van der Waals surface area (Å²) >= 11 is 5.64. The number of thiocarbonyl (C=S) groups is 1. The fourth-order valence-corrected chi connectivity index (χ4v) is 4.99. The lowest BCUT2D eigenvalue weighted by atomic mass is 10.1. The Labute approximate surface area is 264 Å². The third kappa shape index (κ3) is 8.97. The van der Waals surface area contributed by atoms with E-state index in [1.54, 1.807) is 41.2 Å².